The Kier molecular flexibility index (Phi) is 5.62. The van der Waals surface area contributed by atoms with Crippen LogP contribution in [-0.4, -0.2) is 25.0 Å². The molecule has 4 nitrogen and oxygen atoms in total. The van der Waals surface area contributed by atoms with Crippen molar-refractivity contribution in [1.82, 2.24) is 0 Å². The summed E-state index contributed by atoms with van der Waals surface area (Å²) in [6.45, 7) is 6.58. The van der Waals surface area contributed by atoms with Gasteiger partial charge in [0.2, 0.25) is 5.91 Å². The Morgan fingerprint density at radius 2 is 1.95 bits per heavy atom. The van der Waals surface area contributed by atoms with Crippen molar-refractivity contribution >= 4 is 17.3 Å². The highest BCUT2D eigenvalue weighted by Crippen LogP contribution is 2.24. The van der Waals surface area contributed by atoms with E-state index in [1.54, 1.807) is 0 Å². The van der Waals surface area contributed by atoms with E-state index in [-0.39, 0.29) is 5.91 Å². The summed E-state index contributed by atoms with van der Waals surface area (Å²) >= 11 is 0. The third-order valence-electron chi connectivity index (χ3n) is 4.22. The van der Waals surface area contributed by atoms with Crippen LogP contribution in [0.5, 0.6) is 0 Å². The summed E-state index contributed by atoms with van der Waals surface area (Å²) in [4.78, 5) is 14.3. The lowest BCUT2D eigenvalue weighted by atomic mass is 9.99. The van der Waals surface area contributed by atoms with Crippen molar-refractivity contribution in [3.8, 4) is 0 Å². The first-order chi connectivity index (χ1) is 10.1. The Bertz CT molecular complexity index is 450. The molecule has 4 heteroatoms. The number of rotatable bonds is 5. The average Bonchev–Trinajstić information content (AvgIpc) is 2.49. The third-order valence-corrected chi connectivity index (χ3v) is 4.22. The van der Waals surface area contributed by atoms with Gasteiger partial charge in [-0.25, -0.2) is 0 Å². The second kappa shape index (κ2) is 7.46. The second-order valence-electron chi connectivity index (χ2n) is 6.10. The van der Waals surface area contributed by atoms with E-state index in [1.165, 1.54) is 18.5 Å². The molecule has 0 bridgehead atoms. The Hall–Kier alpha value is -1.55. The number of carbonyl (C=O) groups excluding carboxylic acids is 1. The molecule has 1 aliphatic heterocycles. The lowest BCUT2D eigenvalue weighted by Crippen LogP contribution is -2.35. The topological polar surface area (TPSA) is 58.4 Å². The molecular weight excluding hydrogens is 262 g/mol. The summed E-state index contributed by atoms with van der Waals surface area (Å²) < 4.78 is 0. The van der Waals surface area contributed by atoms with Crippen LogP contribution in [0.3, 0.4) is 0 Å². The molecule has 0 spiro atoms. The van der Waals surface area contributed by atoms with Crippen molar-refractivity contribution < 1.29 is 4.79 Å². The van der Waals surface area contributed by atoms with Crippen LogP contribution in [0.1, 0.15) is 39.5 Å². The van der Waals surface area contributed by atoms with Gasteiger partial charge in [-0.1, -0.05) is 20.3 Å². The van der Waals surface area contributed by atoms with Crippen LogP contribution in [0, 0.1) is 5.92 Å². The van der Waals surface area contributed by atoms with Crippen molar-refractivity contribution in [2.24, 2.45) is 11.7 Å². The van der Waals surface area contributed by atoms with E-state index in [4.69, 9.17) is 5.73 Å². The number of hydrogen-bond donors (Lipinski definition) is 2. The zero-order valence-electron chi connectivity index (χ0n) is 13.1. The maximum absolute atomic E-state index is 11.9. The molecule has 1 aromatic carbocycles. The van der Waals surface area contributed by atoms with Crippen LogP contribution in [0.25, 0.3) is 0 Å². The Labute approximate surface area is 127 Å². The molecule has 0 unspecified atom stereocenters. The normalized spacial score (nSPS) is 17.6. The van der Waals surface area contributed by atoms with Crippen LogP contribution >= 0.6 is 0 Å². The predicted octanol–water partition coefficient (Wildman–Crippen LogP) is 2.99. The number of carbonyl (C=O) groups is 1. The highest BCUT2D eigenvalue weighted by Gasteiger charge is 2.16. The van der Waals surface area contributed by atoms with Crippen molar-refractivity contribution in [3.63, 3.8) is 0 Å². The van der Waals surface area contributed by atoms with Gasteiger partial charge in [0.15, 0.2) is 0 Å². The van der Waals surface area contributed by atoms with Crippen LogP contribution < -0.4 is 16.0 Å². The molecule has 1 heterocycles. The van der Waals surface area contributed by atoms with Gasteiger partial charge in [0, 0.05) is 24.5 Å². The molecule has 116 valence electrons. The maximum atomic E-state index is 11.9. The van der Waals surface area contributed by atoms with Gasteiger partial charge in [-0.2, -0.15) is 0 Å². The summed E-state index contributed by atoms with van der Waals surface area (Å²) in [5.74, 6) is 0.733. The molecule has 0 radical (unpaired) electrons. The highest BCUT2D eigenvalue weighted by atomic mass is 16.2. The molecule has 1 atom stereocenters. The maximum Gasteiger partial charge on any atom is 0.241 e. The summed E-state index contributed by atoms with van der Waals surface area (Å²) in [5.41, 5.74) is 7.87. The lowest BCUT2D eigenvalue weighted by Gasteiger charge is -2.32. The predicted molar refractivity (Wildman–Crippen MR) is 88.6 cm³/mol. The van der Waals surface area contributed by atoms with E-state index in [0.29, 0.717) is 0 Å². The Balaban J connectivity index is 1.91. The van der Waals surface area contributed by atoms with Crippen LogP contribution in [0.15, 0.2) is 24.3 Å². The first-order valence-corrected chi connectivity index (χ1v) is 8.01. The Morgan fingerprint density at radius 3 is 2.52 bits per heavy atom. The van der Waals surface area contributed by atoms with E-state index in [1.807, 2.05) is 19.1 Å². The smallest absolute Gasteiger partial charge is 0.241 e. The third kappa shape index (κ3) is 4.46. The molecule has 0 aliphatic carbocycles. The fourth-order valence-electron chi connectivity index (χ4n) is 2.70. The van der Waals surface area contributed by atoms with Gasteiger partial charge < -0.3 is 16.0 Å². The summed E-state index contributed by atoms with van der Waals surface area (Å²) in [6.07, 6.45) is 4.14. The minimum absolute atomic E-state index is 0.101. The minimum atomic E-state index is -0.418. The van der Waals surface area contributed by atoms with E-state index >= 15 is 0 Å². The second-order valence-corrected chi connectivity index (χ2v) is 6.10. The molecule has 1 aliphatic rings. The summed E-state index contributed by atoms with van der Waals surface area (Å²) in [5, 5.41) is 2.88. The van der Waals surface area contributed by atoms with Gasteiger partial charge in [0.1, 0.15) is 0 Å². The molecule has 3 N–H and O–H groups in total. The van der Waals surface area contributed by atoms with Crippen molar-refractivity contribution in [2.45, 2.75) is 45.6 Å². The number of anilines is 2. The van der Waals surface area contributed by atoms with Gasteiger partial charge >= 0.3 is 0 Å². The average molecular weight is 289 g/mol. The molecule has 1 aromatic rings. The number of piperidine rings is 1. The molecule has 0 saturated carbocycles. The Morgan fingerprint density at radius 1 is 1.33 bits per heavy atom. The zero-order valence-corrected chi connectivity index (χ0v) is 13.1. The van der Waals surface area contributed by atoms with Crippen molar-refractivity contribution in [1.29, 1.82) is 0 Å². The monoisotopic (exact) mass is 289 g/mol. The van der Waals surface area contributed by atoms with Gasteiger partial charge in [0.05, 0.1) is 6.04 Å². The van der Waals surface area contributed by atoms with E-state index in [2.05, 4.69) is 29.3 Å². The molecule has 1 fully saturated rings. The molecule has 1 amide bonds. The molecule has 2 rings (SSSR count). The number of hydrogen-bond acceptors (Lipinski definition) is 3. The summed E-state index contributed by atoms with van der Waals surface area (Å²) in [6, 6.07) is 7.67. The zero-order chi connectivity index (χ0) is 15.2. The number of amides is 1. The van der Waals surface area contributed by atoms with Crippen LogP contribution in [0.4, 0.5) is 11.4 Å². The van der Waals surface area contributed by atoms with Crippen LogP contribution in [-0.2, 0) is 4.79 Å². The van der Waals surface area contributed by atoms with Crippen molar-refractivity contribution in [3.05, 3.63) is 24.3 Å². The van der Waals surface area contributed by atoms with Gasteiger partial charge in [-0.05, 0) is 49.4 Å². The highest BCUT2D eigenvalue weighted by molar-refractivity contribution is 5.94. The number of benzene rings is 1. The van der Waals surface area contributed by atoms with Crippen molar-refractivity contribution in [2.75, 3.05) is 23.3 Å². The summed E-state index contributed by atoms with van der Waals surface area (Å²) in [7, 11) is 0. The lowest BCUT2D eigenvalue weighted by molar-refractivity contribution is -0.117. The molecule has 21 heavy (non-hydrogen) atoms. The number of nitrogens with zero attached hydrogens (tertiary/aromatic N) is 1. The standard InChI is InChI=1S/C17H27N3O/c1-3-4-16(18)17(21)19-14-5-7-15(8-6-14)20-11-9-13(2)10-12-20/h5-8,13,16H,3-4,9-12,18H2,1-2H3,(H,19,21)/t16-/m1/s1. The minimum Gasteiger partial charge on any atom is -0.372 e. The quantitative estimate of drug-likeness (QED) is 0.876. The molecule has 1 saturated heterocycles. The first kappa shape index (κ1) is 15.8. The van der Waals surface area contributed by atoms with Gasteiger partial charge in [-0.15, -0.1) is 0 Å². The fourth-order valence-corrected chi connectivity index (χ4v) is 2.70. The van der Waals surface area contributed by atoms with E-state index in [9.17, 15) is 4.79 Å². The van der Waals surface area contributed by atoms with Crippen LogP contribution in [0.2, 0.25) is 0 Å². The SMILES string of the molecule is CCC[C@@H](N)C(=O)Nc1ccc(N2CCC(C)CC2)cc1. The fraction of sp³-hybridized carbons (Fsp3) is 0.588. The van der Waals surface area contributed by atoms with Gasteiger partial charge in [0.25, 0.3) is 0 Å². The first-order valence-electron chi connectivity index (χ1n) is 8.01. The number of nitrogens with one attached hydrogen (secondary N) is 1. The van der Waals surface area contributed by atoms with E-state index in [0.717, 1.165) is 37.5 Å². The molecule has 0 aromatic heterocycles. The van der Waals surface area contributed by atoms with Gasteiger partial charge in [-0.3, -0.25) is 4.79 Å². The molecular formula is C17H27N3O. The number of nitrogens with two attached hydrogens (primary N) is 1. The largest absolute Gasteiger partial charge is 0.372 e. The van der Waals surface area contributed by atoms with E-state index < -0.39 is 6.04 Å².